The Morgan fingerprint density at radius 2 is 2.00 bits per heavy atom. The average molecular weight is 238 g/mol. The van der Waals surface area contributed by atoms with Crippen LogP contribution in [-0.4, -0.2) is 37.0 Å². The number of piperidine rings is 1. The molecule has 1 amide bonds. The first-order chi connectivity index (χ1) is 8.22. The van der Waals surface area contributed by atoms with Crippen molar-refractivity contribution in [3.8, 4) is 0 Å². The second kappa shape index (κ2) is 5.85. The Bertz CT molecular complexity index is 259. The maximum absolute atomic E-state index is 12.4. The van der Waals surface area contributed by atoms with Crippen LogP contribution in [0.1, 0.15) is 39.5 Å². The Kier molecular flexibility index (Phi) is 4.43. The number of amides is 1. The predicted molar refractivity (Wildman–Crippen MR) is 69.7 cm³/mol. The van der Waals surface area contributed by atoms with Gasteiger partial charge in [0.2, 0.25) is 5.91 Å². The molecular formula is C14H26N2O. The third-order valence-electron chi connectivity index (χ3n) is 4.46. The van der Waals surface area contributed by atoms with Crippen molar-refractivity contribution >= 4 is 5.91 Å². The van der Waals surface area contributed by atoms with Gasteiger partial charge in [-0.1, -0.05) is 26.7 Å². The Balaban J connectivity index is 1.82. The number of likely N-dealkylation sites (tertiary alicyclic amines) is 1. The maximum Gasteiger partial charge on any atom is 0.227 e. The maximum atomic E-state index is 12.4. The number of hydrogen-bond acceptors (Lipinski definition) is 2. The van der Waals surface area contributed by atoms with Gasteiger partial charge in [-0.2, -0.15) is 0 Å². The smallest absolute Gasteiger partial charge is 0.227 e. The molecule has 2 saturated heterocycles. The Labute approximate surface area is 105 Å². The molecule has 98 valence electrons. The van der Waals surface area contributed by atoms with Crippen LogP contribution in [0.15, 0.2) is 0 Å². The molecule has 0 bridgehead atoms. The van der Waals surface area contributed by atoms with Crippen LogP contribution in [0.25, 0.3) is 0 Å². The summed E-state index contributed by atoms with van der Waals surface area (Å²) >= 11 is 0. The molecule has 2 aliphatic heterocycles. The van der Waals surface area contributed by atoms with E-state index < -0.39 is 0 Å². The molecule has 0 unspecified atom stereocenters. The average Bonchev–Trinajstić information content (AvgIpc) is 2.76. The van der Waals surface area contributed by atoms with Gasteiger partial charge in [-0.3, -0.25) is 4.79 Å². The van der Waals surface area contributed by atoms with Gasteiger partial charge >= 0.3 is 0 Å². The van der Waals surface area contributed by atoms with Gasteiger partial charge < -0.3 is 10.2 Å². The van der Waals surface area contributed by atoms with Gasteiger partial charge in [0.05, 0.1) is 5.92 Å². The zero-order valence-electron chi connectivity index (χ0n) is 11.2. The largest absolute Gasteiger partial charge is 0.342 e. The van der Waals surface area contributed by atoms with Crippen LogP contribution in [0.3, 0.4) is 0 Å². The minimum absolute atomic E-state index is 0.234. The first kappa shape index (κ1) is 12.9. The highest BCUT2D eigenvalue weighted by molar-refractivity contribution is 5.79. The predicted octanol–water partition coefficient (Wildman–Crippen LogP) is 1.88. The summed E-state index contributed by atoms with van der Waals surface area (Å²) in [5, 5.41) is 3.32. The number of nitrogens with zero attached hydrogens (tertiary/aromatic N) is 1. The Morgan fingerprint density at radius 3 is 2.53 bits per heavy atom. The van der Waals surface area contributed by atoms with E-state index in [1.165, 1.54) is 25.7 Å². The molecule has 3 nitrogen and oxygen atoms in total. The van der Waals surface area contributed by atoms with Crippen LogP contribution in [0.2, 0.25) is 0 Å². The van der Waals surface area contributed by atoms with Crippen molar-refractivity contribution in [1.82, 2.24) is 10.2 Å². The molecule has 0 aromatic heterocycles. The Morgan fingerprint density at radius 1 is 1.29 bits per heavy atom. The summed E-state index contributed by atoms with van der Waals surface area (Å²) in [5.74, 6) is 2.01. The number of carbonyl (C=O) groups is 1. The fourth-order valence-corrected chi connectivity index (χ4v) is 3.23. The molecule has 0 radical (unpaired) electrons. The molecule has 0 aromatic carbocycles. The molecule has 17 heavy (non-hydrogen) atoms. The molecule has 3 heteroatoms. The molecule has 0 aliphatic carbocycles. The van der Waals surface area contributed by atoms with Gasteiger partial charge in [-0.25, -0.2) is 0 Å². The first-order valence-corrected chi connectivity index (χ1v) is 7.22. The van der Waals surface area contributed by atoms with Gasteiger partial charge in [-0.15, -0.1) is 0 Å². The van der Waals surface area contributed by atoms with E-state index in [2.05, 4.69) is 24.1 Å². The molecule has 2 aliphatic rings. The number of rotatable bonds is 3. The standard InChI is InChI=1S/C14H26N2O/c1-3-4-12-5-7-16(8-6-12)14(17)13-10-15-9-11(13)2/h11-13,15H,3-10H2,1-2H3/t11-,13-/m1/s1. The molecule has 2 fully saturated rings. The van der Waals surface area contributed by atoms with Crippen LogP contribution >= 0.6 is 0 Å². The quantitative estimate of drug-likeness (QED) is 0.814. The van der Waals surface area contributed by atoms with Gasteiger partial charge in [0.15, 0.2) is 0 Å². The molecule has 0 saturated carbocycles. The monoisotopic (exact) mass is 238 g/mol. The summed E-state index contributed by atoms with van der Waals surface area (Å²) in [4.78, 5) is 14.5. The highest BCUT2D eigenvalue weighted by Crippen LogP contribution is 2.25. The van der Waals surface area contributed by atoms with Gasteiger partial charge in [-0.05, 0) is 31.2 Å². The summed E-state index contributed by atoms with van der Waals surface area (Å²) in [6.45, 7) is 8.31. The van der Waals surface area contributed by atoms with Crippen molar-refractivity contribution in [3.05, 3.63) is 0 Å². The van der Waals surface area contributed by atoms with E-state index in [1.807, 2.05) is 0 Å². The number of nitrogens with one attached hydrogen (secondary N) is 1. The van der Waals surface area contributed by atoms with Crippen molar-refractivity contribution in [3.63, 3.8) is 0 Å². The first-order valence-electron chi connectivity index (χ1n) is 7.22. The molecule has 0 spiro atoms. The van der Waals surface area contributed by atoms with Crippen LogP contribution in [-0.2, 0) is 4.79 Å². The fourth-order valence-electron chi connectivity index (χ4n) is 3.23. The van der Waals surface area contributed by atoms with E-state index in [0.29, 0.717) is 11.8 Å². The number of carbonyl (C=O) groups excluding carboxylic acids is 1. The lowest BCUT2D eigenvalue weighted by molar-refractivity contribution is -0.137. The summed E-state index contributed by atoms with van der Waals surface area (Å²) in [5.41, 5.74) is 0. The molecule has 2 atom stereocenters. The molecule has 1 N–H and O–H groups in total. The van der Waals surface area contributed by atoms with Gasteiger partial charge in [0.1, 0.15) is 0 Å². The van der Waals surface area contributed by atoms with Crippen molar-refractivity contribution < 1.29 is 4.79 Å². The minimum Gasteiger partial charge on any atom is -0.342 e. The summed E-state index contributed by atoms with van der Waals surface area (Å²) < 4.78 is 0. The fraction of sp³-hybridized carbons (Fsp3) is 0.929. The van der Waals surface area contributed by atoms with Gasteiger partial charge in [0.25, 0.3) is 0 Å². The lowest BCUT2D eigenvalue weighted by Gasteiger charge is -2.34. The normalized spacial score (nSPS) is 30.8. The molecule has 0 aromatic rings. The van der Waals surface area contributed by atoms with E-state index in [9.17, 15) is 4.79 Å². The zero-order valence-corrected chi connectivity index (χ0v) is 11.2. The highest BCUT2D eigenvalue weighted by Gasteiger charge is 2.34. The SMILES string of the molecule is CCCC1CCN(C(=O)[C@@H]2CNC[C@H]2C)CC1. The van der Waals surface area contributed by atoms with Crippen LogP contribution in [0.4, 0.5) is 0 Å². The third-order valence-corrected chi connectivity index (χ3v) is 4.46. The van der Waals surface area contributed by atoms with Crippen molar-refractivity contribution in [2.45, 2.75) is 39.5 Å². The van der Waals surface area contributed by atoms with E-state index >= 15 is 0 Å². The summed E-state index contributed by atoms with van der Waals surface area (Å²) in [6.07, 6.45) is 5.05. The lowest BCUT2D eigenvalue weighted by atomic mass is 9.90. The van der Waals surface area contributed by atoms with E-state index in [1.54, 1.807) is 0 Å². The molecular weight excluding hydrogens is 212 g/mol. The second-order valence-electron chi connectivity index (χ2n) is 5.80. The minimum atomic E-state index is 0.234. The molecule has 2 rings (SSSR count). The summed E-state index contributed by atoms with van der Waals surface area (Å²) in [7, 11) is 0. The Hall–Kier alpha value is -0.570. The zero-order chi connectivity index (χ0) is 12.3. The second-order valence-corrected chi connectivity index (χ2v) is 5.80. The van der Waals surface area contributed by atoms with Crippen LogP contribution in [0, 0.1) is 17.8 Å². The highest BCUT2D eigenvalue weighted by atomic mass is 16.2. The van der Waals surface area contributed by atoms with Crippen LogP contribution < -0.4 is 5.32 Å². The van der Waals surface area contributed by atoms with Crippen LogP contribution in [0.5, 0.6) is 0 Å². The topological polar surface area (TPSA) is 32.3 Å². The van der Waals surface area contributed by atoms with Crippen molar-refractivity contribution in [2.75, 3.05) is 26.2 Å². The van der Waals surface area contributed by atoms with E-state index in [-0.39, 0.29) is 5.92 Å². The van der Waals surface area contributed by atoms with E-state index in [0.717, 1.165) is 32.1 Å². The van der Waals surface area contributed by atoms with Crippen molar-refractivity contribution in [1.29, 1.82) is 0 Å². The van der Waals surface area contributed by atoms with E-state index in [4.69, 9.17) is 0 Å². The van der Waals surface area contributed by atoms with Gasteiger partial charge in [0, 0.05) is 19.6 Å². The molecule has 2 heterocycles. The third kappa shape index (κ3) is 3.01. The van der Waals surface area contributed by atoms with Crippen molar-refractivity contribution in [2.24, 2.45) is 17.8 Å². The summed E-state index contributed by atoms with van der Waals surface area (Å²) in [6, 6.07) is 0. The number of hydrogen-bond donors (Lipinski definition) is 1. The lowest BCUT2D eigenvalue weighted by Crippen LogP contribution is -2.43.